The molecule has 168 valence electrons. The van der Waals surface area contributed by atoms with E-state index in [1.165, 1.54) is 31.2 Å². The van der Waals surface area contributed by atoms with Crippen LogP contribution in [-0.4, -0.2) is 34.7 Å². The Balaban J connectivity index is 1.69. The highest BCUT2D eigenvalue weighted by molar-refractivity contribution is 5.73. The number of hydrazine groups is 1. The minimum absolute atomic E-state index is 0.0142. The molecule has 1 N–H and O–H groups in total. The molecule has 1 saturated heterocycles. The van der Waals surface area contributed by atoms with Crippen molar-refractivity contribution in [3.05, 3.63) is 35.9 Å². The van der Waals surface area contributed by atoms with Crippen LogP contribution in [0.3, 0.4) is 0 Å². The van der Waals surface area contributed by atoms with Gasteiger partial charge in [-0.05, 0) is 71.3 Å². The Hall–Kier alpha value is -1.39. The Morgan fingerprint density at radius 1 is 1.20 bits per heavy atom. The largest absolute Gasteiger partial charge is 0.460 e. The van der Waals surface area contributed by atoms with E-state index < -0.39 is 5.60 Å². The van der Waals surface area contributed by atoms with Gasteiger partial charge < -0.3 is 4.74 Å². The molecule has 30 heavy (non-hydrogen) atoms. The van der Waals surface area contributed by atoms with Gasteiger partial charge in [-0.25, -0.2) is 10.4 Å². The average Bonchev–Trinajstić information content (AvgIpc) is 3.31. The van der Waals surface area contributed by atoms with E-state index in [1.807, 2.05) is 20.8 Å². The highest BCUT2D eigenvalue weighted by Crippen LogP contribution is 2.38. The molecule has 2 aliphatic rings. The molecule has 0 bridgehead atoms. The van der Waals surface area contributed by atoms with E-state index in [-0.39, 0.29) is 17.4 Å². The van der Waals surface area contributed by atoms with Gasteiger partial charge in [0.15, 0.2) is 0 Å². The topological polar surface area (TPSA) is 41.6 Å². The first-order valence-electron chi connectivity index (χ1n) is 12.1. The SMILES string of the molecule is CCCC(CC1(NN2CCC[C@H]2Cc2ccccc2)CCCC1)C(=O)OC(C)(C)C. The first kappa shape index (κ1) is 23.3. The Morgan fingerprint density at radius 3 is 2.53 bits per heavy atom. The second kappa shape index (κ2) is 10.3. The molecular formula is C26H42N2O2. The molecule has 0 amide bonds. The minimum atomic E-state index is -0.422. The van der Waals surface area contributed by atoms with Gasteiger partial charge in [0.1, 0.15) is 5.60 Å². The van der Waals surface area contributed by atoms with Crippen molar-refractivity contribution in [3.8, 4) is 0 Å². The summed E-state index contributed by atoms with van der Waals surface area (Å²) < 4.78 is 5.80. The fourth-order valence-electron chi connectivity index (χ4n) is 5.31. The summed E-state index contributed by atoms with van der Waals surface area (Å²) >= 11 is 0. The first-order chi connectivity index (χ1) is 14.3. The third-order valence-electron chi connectivity index (χ3n) is 6.65. The van der Waals surface area contributed by atoms with Crippen LogP contribution in [0.15, 0.2) is 30.3 Å². The summed E-state index contributed by atoms with van der Waals surface area (Å²) in [5, 5.41) is 2.51. The van der Waals surface area contributed by atoms with Crippen LogP contribution < -0.4 is 5.43 Å². The average molecular weight is 415 g/mol. The highest BCUT2D eigenvalue weighted by atomic mass is 16.6. The predicted octanol–water partition coefficient (Wildman–Crippen LogP) is 5.66. The Morgan fingerprint density at radius 2 is 1.90 bits per heavy atom. The molecule has 0 spiro atoms. The lowest BCUT2D eigenvalue weighted by Crippen LogP contribution is -2.56. The van der Waals surface area contributed by atoms with E-state index in [1.54, 1.807) is 0 Å². The van der Waals surface area contributed by atoms with Gasteiger partial charge in [0, 0.05) is 18.1 Å². The van der Waals surface area contributed by atoms with Crippen molar-refractivity contribution in [1.29, 1.82) is 0 Å². The maximum absolute atomic E-state index is 13.0. The lowest BCUT2D eigenvalue weighted by molar-refractivity contribution is -0.161. The third-order valence-corrected chi connectivity index (χ3v) is 6.65. The highest BCUT2D eigenvalue weighted by Gasteiger charge is 2.41. The minimum Gasteiger partial charge on any atom is -0.460 e. The number of nitrogens with one attached hydrogen (secondary N) is 1. The molecule has 1 heterocycles. The molecule has 1 unspecified atom stereocenters. The molecule has 2 atom stereocenters. The number of nitrogens with zero attached hydrogens (tertiary/aromatic N) is 1. The summed E-state index contributed by atoms with van der Waals surface area (Å²) in [5.74, 6) is -0.0327. The molecule has 2 fully saturated rings. The van der Waals surface area contributed by atoms with Gasteiger partial charge in [-0.15, -0.1) is 0 Å². The van der Waals surface area contributed by atoms with Crippen molar-refractivity contribution in [2.24, 2.45) is 5.92 Å². The summed E-state index contributed by atoms with van der Waals surface area (Å²) in [6.07, 6.45) is 11.2. The van der Waals surface area contributed by atoms with Crippen molar-refractivity contribution in [2.75, 3.05) is 6.54 Å². The second-order valence-electron chi connectivity index (χ2n) is 10.5. The molecule has 3 rings (SSSR count). The van der Waals surface area contributed by atoms with Gasteiger partial charge in [0.2, 0.25) is 0 Å². The van der Waals surface area contributed by atoms with Gasteiger partial charge in [-0.2, -0.15) is 0 Å². The van der Waals surface area contributed by atoms with Crippen molar-refractivity contribution in [2.45, 2.75) is 109 Å². The lowest BCUT2D eigenvalue weighted by atomic mass is 9.84. The van der Waals surface area contributed by atoms with E-state index in [9.17, 15) is 4.79 Å². The molecule has 0 aromatic heterocycles. The predicted molar refractivity (Wildman–Crippen MR) is 123 cm³/mol. The zero-order valence-electron chi connectivity index (χ0n) is 19.6. The van der Waals surface area contributed by atoms with Gasteiger partial charge in [0.25, 0.3) is 0 Å². The van der Waals surface area contributed by atoms with Crippen LogP contribution in [0.5, 0.6) is 0 Å². The molecule has 4 nitrogen and oxygen atoms in total. The van der Waals surface area contributed by atoms with Gasteiger partial charge in [-0.1, -0.05) is 56.5 Å². The molecule has 1 aromatic rings. The molecule has 1 saturated carbocycles. The number of rotatable bonds is 9. The number of carbonyl (C=O) groups is 1. The summed E-state index contributed by atoms with van der Waals surface area (Å²) in [5.41, 5.74) is 5.02. The van der Waals surface area contributed by atoms with Crippen LogP contribution in [0.1, 0.15) is 91.0 Å². The van der Waals surface area contributed by atoms with Crippen LogP contribution >= 0.6 is 0 Å². The van der Waals surface area contributed by atoms with Crippen LogP contribution in [-0.2, 0) is 16.0 Å². The Bertz CT molecular complexity index is 661. The van der Waals surface area contributed by atoms with Crippen LogP contribution in [0.4, 0.5) is 0 Å². The number of hydrogen-bond donors (Lipinski definition) is 1. The molecule has 1 aliphatic heterocycles. The van der Waals surface area contributed by atoms with Crippen molar-refractivity contribution >= 4 is 5.97 Å². The van der Waals surface area contributed by atoms with Gasteiger partial charge in [-0.3, -0.25) is 4.79 Å². The summed E-state index contributed by atoms with van der Waals surface area (Å²) in [6.45, 7) is 9.17. The van der Waals surface area contributed by atoms with E-state index in [2.05, 4.69) is 47.7 Å². The molecule has 4 heteroatoms. The molecule has 1 aromatic carbocycles. The standard InChI is InChI=1S/C26H42N2O2/c1-5-12-22(24(29)30-25(2,3)4)20-26(16-9-10-17-26)27-28-18-11-15-23(28)19-21-13-7-6-8-14-21/h6-8,13-14,22-23,27H,5,9-12,15-20H2,1-4H3/t22?,23-/m0/s1. The Kier molecular flexibility index (Phi) is 7.98. The maximum Gasteiger partial charge on any atom is 0.309 e. The van der Waals surface area contributed by atoms with E-state index >= 15 is 0 Å². The fraction of sp³-hybridized carbons (Fsp3) is 0.731. The van der Waals surface area contributed by atoms with E-state index in [0.717, 1.165) is 45.1 Å². The van der Waals surface area contributed by atoms with E-state index in [4.69, 9.17) is 4.74 Å². The fourth-order valence-corrected chi connectivity index (χ4v) is 5.31. The second-order valence-corrected chi connectivity index (χ2v) is 10.5. The molecular weight excluding hydrogens is 372 g/mol. The van der Waals surface area contributed by atoms with Crippen molar-refractivity contribution in [1.82, 2.24) is 10.4 Å². The van der Waals surface area contributed by atoms with Crippen molar-refractivity contribution in [3.63, 3.8) is 0 Å². The molecule has 0 radical (unpaired) electrons. The number of carbonyl (C=O) groups excluding carboxylic acids is 1. The summed E-state index contributed by atoms with van der Waals surface area (Å²) in [4.78, 5) is 13.0. The first-order valence-corrected chi connectivity index (χ1v) is 12.1. The normalized spacial score (nSPS) is 22.9. The number of esters is 1. The summed E-state index contributed by atoms with van der Waals surface area (Å²) in [7, 11) is 0. The van der Waals surface area contributed by atoms with Crippen molar-refractivity contribution < 1.29 is 9.53 Å². The van der Waals surface area contributed by atoms with Crippen LogP contribution in [0.2, 0.25) is 0 Å². The molecule has 1 aliphatic carbocycles. The Labute approximate surface area is 183 Å². The van der Waals surface area contributed by atoms with E-state index in [0.29, 0.717) is 6.04 Å². The van der Waals surface area contributed by atoms with Crippen LogP contribution in [0.25, 0.3) is 0 Å². The number of ether oxygens (including phenoxy) is 1. The smallest absolute Gasteiger partial charge is 0.309 e. The lowest BCUT2D eigenvalue weighted by Gasteiger charge is -2.40. The van der Waals surface area contributed by atoms with Gasteiger partial charge >= 0.3 is 5.97 Å². The number of benzene rings is 1. The maximum atomic E-state index is 13.0. The zero-order valence-corrected chi connectivity index (χ0v) is 19.6. The van der Waals surface area contributed by atoms with Crippen LogP contribution in [0, 0.1) is 5.92 Å². The zero-order chi connectivity index (χ0) is 21.6. The van der Waals surface area contributed by atoms with Gasteiger partial charge in [0.05, 0.1) is 5.92 Å². The number of hydrogen-bond acceptors (Lipinski definition) is 4. The summed E-state index contributed by atoms with van der Waals surface area (Å²) in [6, 6.07) is 11.4. The third kappa shape index (κ3) is 6.55. The quantitative estimate of drug-likeness (QED) is 0.530. The monoisotopic (exact) mass is 414 g/mol.